The number of hydrogen-bond donors (Lipinski definition) is 0. The highest BCUT2D eigenvalue weighted by Crippen LogP contribution is 2.10. The summed E-state index contributed by atoms with van der Waals surface area (Å²) < 4.78 is 0. The highest BCUT2D eigenvalue weighted by Gasteiger charge is 1.97. The lowest BCUT2D eigenvalue weighted by Gasteiger charge is -1.98. The molecule has 0 aliphatic heterocycles. The number of hydrogen-bond acceptors (Lipinski definition) is 4. The van der Waals surface area contributed by atoms with E-state index in [9.17, 15) is 4.79 Å². The zero-order valence-electron chi connectivity index (χ0n) is 9.24. The van der Waals surface area contributed by atoms with E-state index in [1.54, 1.807) is 13.1 Å². The fourth-order valence-corrected chi connectivity index (χ4v) is 1.81. The minimum Gasteiger partial charge on any atom is -0.288 e. The number of halogens is 1. The van der Waals surface area contributed by atoms with Crippen molar-refractivity contribution in [1.29, 1.82) is 0 Å². The molecule has 0 fully saturated rings. The second kappa shape index (κ2) is 6.66. The van der Waals surface area contributed by atoms with Crippen LogP contribution >= 0.6 is 23.4 Å². The molecule has 1 rings (SSSR count). The van der Waals surface area contributed by atoms with E-state index < -0.39 is 0 Å². The summed E-state index contributed by atoms with van der Waals surface area (Å²) in [5.41, 5.74) is 1.81. The Morgan fingerprint density at radius 2 is 2.38 bits per heavy atom. The van der Waals surface area contributed by atoms with E-state index in [0.29, 0.717) is 0 Å². The molecule has 1 heterocycles. The Bertz CT molecular complexity index is 407. The minimum absolute atomic E-state index is 0.152. The lowest BCUT2D eigenvalue weighted by Crippen LogP contribution is -1.90. The van der Waals surface area contributed by atoms with Crippen molar-refractivity contribution in [2.75, 3.05) is 5.75 Å². The summed E-state index contributed by atoms with van der Waals surface area (Å²) in [6, 6.07) is 0. The van der Waals surface area contributed by atoms with Gasteiger partial charge in [0.15, 0.2) is 5.12 Å². The average Bonchev–Trinajstić information content (AvgIpc) is 2.20. The lowest BCUT2D eigenvalue weighted by atomic mass is 10.2. The van der Waals surface area contributed by atoms with E-state index >= 15 is 0 Å². The van der Waals surface area contributed by atoms with Crippen LogP contribution in [-0.2, 0) is 4.79 Å². The number of thioether (sulfide) groups is 1. The number of allylic oxidation sites excluding steroid dienone is 1. The molecule has 16 heavy (non-hydrogen) atoms. The maximum atomic E-state index is 10.7. The number of nitrogens with zero attached hydrogens (tertiary/aromatic N) is 2. The molecule has 0 saturated heterocycles. The van der Waals surface area contributed by atoms with Crippen molar-refractivity contribution >= 4 is 34.6 Å². The van der Waals surface area contributed by atoms with Crippen molar-refractivity contribution in [2.45, 2.75) is 20.3 Å². The van der Waals surface area contributed by atoms with Crippen LogP contribution in [0.4, 0.5) is 0 Å². The minimum atomic E-state index is 0.152. The van der Waals surface area contributed by atoms with Gasteiger partial charge in [-0.25, -0.2) is 9.97 Å². The van der Waals surface area contributed by atoms with E-state index in [-0.39, 0.29) is 10.4 Å². The van der Waals surface area contributed by atoms with Gasteiger partial charge in [-0.3, -0.25) is 4.79 Å². The number of carbonyl (C=O) groups excluding carboxylic acids is 1. The Labute approximate surface area is 104 Å². The molecule has 0 aliphatic carbocycles. The molecule has 0 atom stereocenters. The maximum absolute atomic E-state index is 10.7. The molecule has 0 unspecified atom stereocenters. The molecule has 0 aromatic carbocycles. The Morgan fingerprint density at radius 3 is 3.00 bits per heavy atom. The van der Waals surface area contributed by atoms with Gasteiger partial charge in [0.1, 0.15) is 0 Å². The third-order valence-corrected chi connectivity index (χ3v) is 2.90. The molecule has 0 aliphatic rings. The van der Waals surface area contributed by atoms with Crippen LogP contribution in [0.5, 0.6) is 0 Å². The Hall–Kier alpha value is -0.870. The largest absolute Gasteiger partial charge is 0.288 e. The van der Waals surface area contributed by atoms with Crippen LogP contribution < -0.4 is 0 Å². The van der Waals surface area contributed by atoms with Crippen molar-refractivity contribution in [1.82, 2.24) is 9.97 Å². The summed E-state index contributed by atoms with van der Waals surface area (Å²) in [5, 5.41) is 0.418. The topological polar surface area (TPSA) is 42.9 Å². The summed E-state index contributed by atoms with van der Waals surface area (Å²) in [6.07, 6.45) is 6.51. The lowest BCUT2D eigenvalue weighted by molar-refractivity contribution is -0.109. The van der Waals surface area contributed by atoms with E-state index in [1.165, 1.54) is 11.8 Å². The predicted molar refractivity (Wildman–Crippen MR) is 68.6 cm³/mol. The van der Waals surface area contributed by atoms with Crippen molar-refractivity contribution in [3.05, 3.63) is 28.8 Å². The van der Waals surface area contributed by atoms with Crippen molar-refractivity contribution in [3.8, 4) is 0 Å². The first-order valence-electron chi connectivity index (χ1n) is 4.88. The monoisotopic (exact) mass is 256 g/mol. The van der Waals surface area contributed by atoms with Gasteiger partial charge in [-0.1, -0.05) is 23.9 Å². The molecule has 1 aromatic rings. The van der Waals surface area contributed by atoms with Gasteiger partial charge in [-0.2, -0.15) is 0 Å². The molecule has 0 spiro atoms. The molecule has 0 amide bonds. The summed E-state index contributed by atoms with van der Waals surface area (Å²) >= 11 is 6.98. The normalized spacial score (nSPS) is 10.9. The Kier molecular flexibility index (Phi) is 5.49. The third kappa shape index (κ3) is 4.77. The molecule has 86 valence electrons. The standard InChI is InChI=1S/C11H13ClN2OS/c1-8-10(7-13-11(12)14-8)5-3-4-6-16-9(2)15/h3,5,7H,4,6H2,1-2H3. The molecule has 5 heteroatoms. The molecule has 3 nitrogen and oxygen atoms in total. The van der Waals surface area contributed by atoms with E-state index in [0.717, 1.165) is 23.4 Å². The van der Waals surface area contributed by atoms with Crippen LogP contribution in [0, 0.1) is 6.92 Å². The first-order chi connectivity index (χ1) is 7.59. The summed E-state index contributed by atoms with van der Waals surface area (Å²) in [7, 11) is 0. The van der Waals surface area contributed by atoms with Crippen LogP contribution in [0.25, 0.3) is 6.08 Å². The van der Waals surface area contributed by atoms with E-state index in [1.807, 2.05) is 19.1 Å². The smallest absolute Gasteiger partial charge is 0.222 e. The molecule has 0 saturated carbocycles. The van der Waals surface area contributed by atoms with Gasteiger partial charge in [0.05, 0.1) is 0 Å². The van der Waals surface area contributed by atoms with Gasteiger partial charge < -0.3 is 0 Å². The highest BCUT2D eigenvalue weighted by atomic mass is 35.5. The molecule has 0 radical (unpaired) electrons. The van der Waals surface area contributed by atoms with Gasteiger partial charge in [-0.15, -0.1) is 0 Å². The molecule has 0 bridgehead atoms. The van der Waals surface area contributed by atoms with Gasteiger partial charge in [-0.05, 0) is 24.9 Å². The molecular formula is C11H13ClN2OS. The predicted octanol–water partition coefficient (Wildman–Crippen LogP) is 3.12. The van der Waals surface area contributed by atoms with Gasteiger partial charge >= 0.3 is 0 Å². The first-order valence-corrected chi connectivity index (χ1v) is 6.25. The highest BCUT2D eigenvalue weighted by molar-refractivity contribution is 8.13. The Balaban J connectivity index is 2.47. The zero-order valence-corrected chi connectivity index (χ0v) is 10.8. The number of aromatic nitrogens is 2. The third-order valence-electron chi connectivity index (χ3n) is 1.88. The average molecular weight is 257 g/mol. The van der Waals surface area contributed by atoms with Gasteiger partial charge in [0.25, 0.3) is 0 Å². The van der Waals surface area contributed by atoms with Crippen molar-refractivity contribution in [3.63, 3.8) is 0 Å². The quantitative estimate of drug-likeness (QED) is 0.613. The first kappa shape index (κ1) is 13.2. The van der Waals surface area contributed by atoms with Crippen LogP contribution in [0.3, 0.4) is 0 Å². The second-order valence-corrected chi connectivity index (χ2v) is 4.82. The van der Waals surface area contributed by atoms with Gasteiger partial charge in [0.2, 0.25) is 5.28 Å². The maximum Gasteiger partial charge on any atom is 0.222 e. The number of aryl methyl sites for hydroxylation is 1. The van der Waals surface area contributed by atoms with Gasteiger partial charge in [0, 0.05) is 30.1 Å². The van der Waals surface area contributed by atoms with Crippen molar-refractivity contribution in [2.24, 2.45) is 0 Å². The van der Waals surface area contributed by atoms with Crippen LogP contribution in [0.15, 0.2) is 12.3 Å². The SMILES string of the molecule is CC(=O)SCCC=Cc1cnc(Cl)nc1C. The molecule has 1 aromatic heterocycles. The number of rotatable bonds is 4. The fourth-order valence-electron chi connectivity index (χ4n) is 1.09. The van der Waals surface area contributed by atoms with E-state index in [4.69, 9.17) is 11.6 Å². The summed E-state index contributed by atoms with van der Waals surface area (Å²) in [4.78, 5) is 18.6. The number of carbonyl (C=O) groups is 1. The second-order valence-electron chi connectivity index (χ2n) is 3.21. The Morgan fingerprint density at radius 1 is 1.62 bits per heavy atom. The fraction of sp³-hybridized carbons (Fsp3) is 0.364. The summed E-state index contributed by atoms with van der Waals surface area (Å²) in [5.74, 6) is 0.805. The van der Waals surface area contributed by atoms with E-state index in [2.05, 4.69) is 9.97 Å². The van der Waals surface area contributed by atoms with Crippen molar-refractivity contribution < 1.29 is 4.79 Å². The van der Waals surface area contributed by atoms with Crippen LogP contribution in [0.1, 0.15) is 24.6 Å². The zero-order chi connectivity index (χ0) is 12.0. The van der Waals surface area contributed by atoms with Crippen LogP contribution in [-0.4, -0.2) is 20.8 Å². The van der Waals surface area contributed by atoms with Crippen LogP contribution in [0.2, 0.25) is 5.28 Å². The summed E-state index contributed by atoms with van der Waals surface area (Å²) in [6.45, 7) is 3.46. The molecule has 0 N–H and O–H groups in total. The molecular weight excluding hydrogens is 244 g/mol.